The topological polar surface area (TPSA) is 29.5 Å². The van der Waals surface area contributed by atoms with Crippen LogP contribution in [0.2, 0.25) is 0 Å². The third-order valence-electron chi connectivity index (χ3n) is 2.54. The average molecular weight is 238 g/mol. The Morgan fingerprint density at radius 1 is 1.31 bits per heavy atom. The number of hydrogen-bond acceptors (Lipinski definition) is 3. The average Bonchev–Trinajstić information content (AvgIpc) is 2.31. The quantitative estimate of drug-likeness (QED) is 0.477. The lowest BCUT2D eigenvalue weighted by Gasteiger charge is -2.31. The molecule has 2 nitrogen and oxygen atoms in total. The molecule has 16 heavy (non-hydrogen) atoms. The van der Waals surface area contributed by atoms with Gasteiger partial charge in [0.2, 0.25) is 0 Å². The van der Waals surface area contributed by atoms with E-state index in [-0.39, 0.29) is 10.9 Å². The molecule has 0 saturated carbocycles. The smallest absolute Gasteiger partial charge is 0.177 e. The molecule has 1 atom stereocenters. The molecule has 1 unspecified atom stereocenters. The van der Waals surface area contributed by atoms with Crippen LogP contribution in [0.3, 0.4) is 0 Å². The van der Waals surface area contributed by atoms with Crippen molar-refractivity contribution in [1.82, 2.24) is 0 Å². The molecule has 0 saturated heterocycles. The first-order valence-electron chi connectivity index (χ1n) is 5.25. The van der Waals surface area contributed by atoms with Crippen molar-refractivity contribution in [2.45, 2.75) is 31.6 Å². The zero-order valence-electron chi connectivity index (χ0n) is 9.88. The Bertz CT molecular complexity index is 333. The van der Waals surface area contributed by atoms with Crippen molar-refractivity contribution in [3.8, 4) is 0 Å². The monoisotopic (exact) mass is 238 g/mol. The molecule has 88 valence electrons. The lowest BCUT2D eigenvalue weighted by Crippen LogP contribution is -2.32. The molecular weight excluding hydrogens is 220 g/mol. The van der Waals surface area contributed by atoms with E-state index >= 15 is 0 Å². The van der Waals surface area contributed by atoms with E-state index in [1.54, 1.807) is 6.26 Å². The molecule has 0 aliphatic heterocycles. The van der Waals surface area contributed by atoms with E-state index in [4.69, 9.17) is 4.74 Å². The maximum absolute atomic E-state index is 9.31. The summed E-state index contributed by atoms with van der Waals surface area (Å²) in [5.74, 6) is 0. The molecule has 3 heteroatoms. The van der Waals surface area contributed by atoms with E-state index in [9.17, 15) is 4.55 Å². The van der Waals surface area contributed by atoms with Crippen LogP contribution in [0, 0.1) is 0 Å². The lowest BCUT2D eigenvalue weighted by atomic mass is 9.85. The fourth-order valence-corrected chi connectivity index (χ4v) is 1.99. The first kappa shape index (κ1) is 13.1. The lowest BCUT2D eigenvalue weighted by molar-refractivity contribution is 0.149. The molecule has 0 aliphatic rings. The number of hydrogen-bond donors (Lipinski definition) is 1. The Kier molecular flexibility index (Phi) is 4.90. The van der Waals surface area contributed by atoms with Crippen molar-refractivity contribution < 1.29 is 9.29 Å². The van der Waals surface area contributed by atoms with Crippen LogP contribution in [0.25, 0.3) is 0 Å². The minimum atomic E-state index is -0.314. The summed E-state index contributed by atoms with van der Waals surface area (Å²) in [6.07, 6.45) is 3.42. The van der Waals surface area contributed by atoms with Crippen LogP contribution in [-0.2, 0) is 10.2 Å². The Balaban J connectivity index is 2.89. The predicted molar refractivity (Wildman–Crippen MR) is 69.4 cm³/mol. The van der Waals surface area contributed by atoms with Crippen molar-refractivity contribution in [2.75, 3.05) is 0 Å². The molecule has 0 radical (unpaired) electrons. The summed E-state index contributed by atoms with van der Waals surface area (Å²) in [4.78, 5) is 0. The van der Waals surface area contributed by atoms with E-state index in [0.29, 0.717) is 0 Å². The molecule has 1 aromatic rings. The van der Waals surface area contributed by atoms with Crippen molar-refractivity contribution in [2.24, 2.45) is 0 Å². The summed E-state index contributed by atoms with van der Waals surface area (Å²) in [6.45, 7) is 5.99. The third kappa shape index (κ3) is 3.03. The molecule has 0 amide bonds. The Morgan fingerprint density at radius 2 is 1.94 bits per heavy atom. The predicted octanol–water partition coefficient (Wildman–Crippen LogP) is 4.05. The van der Waals surface area contributed by atoms with E-state index in [1.807, 2.05) is 43.3 Å². The van der Waals surface area contributed by atoms with Crippen LogP contribution in [-0.4, -0.2) is 9.99 Å². The molecule has 1 aromatic carbocycles. The molecule has 1 N–H and O–H groups in total. The highest BCUT2D eigenvalue weighted by molar-refractivity contribution is 7.94. The summed E-state index contributed by atoms with van der Waals surface area (Å²) in [6, 6.07) is 10.1. The van der Waals surface area contributed by atoms with Crippen molar-refractivity contribution in [3.05, 3.63) is 48.2 Å². The van der Waals surface area contributed by atoms with Gasteiger partial charge in [-0.2, -0.15) is 0 Å². The van der Waals surface area contributed by atoms with Gasteiger partial charge in [0.15, 0.2) is 5.44 Å². The molecule has 0 aromatic heterocycles. The minimum Gasteiger partial charge on any atom is -0.485 e. The molecule has 0 spiro atoms. The van der Waals surface area contributed by atoms with E-state index in [2.05, 4.69) is 13.8 Å². The highest BCUT2D eigenvalue weighted by Gasteiger charge is 2.32. The first-order valence-corrected chi connectivity index (χ1v) is 6.09. The van der Waals surface area contributed by atoms with Crippen LogP contribution in [0.5, 0.6) is 0 Å². The second-order valence-electron chi connectivity index (χ2n) is 4.13. The fraction of sp³-hybridized carbons (Fsp3) is 0.385. The fourth-order valence-electron chi connectivity index (χ4n) is 1.48. The first-order chi connectivity index (χ1) is 7.62. The van der Waals surface area contributed by atoms with Crippen molar-refractivity contribution in [1.29, 1.82) is 0 Å². The molecule has 0 heterocycles. The van der Waals surface area contributed by atoms with Gasteiger partial charge < -0.3 is 9.29 Å². The minimum absolute atomic E-state index is 0.250. The number of allylic oxidation sites excluding steroid dienone is 1. The Labute approximate surface area is 102 Å². The number of ether oxygens (including phenoxy) is 1. The van der Waals surface area contributed by atoms with Gasteiger partial charge >= 0.3 is 0 Å². The van der Waals surface area contributed by atoms with Gasteiger partial charge in [0.25, 0.3) is 0 Å². The van der Waals surface area contributed by atoms with E-state index in [1.165, 1.54) is 0 Å². The van der Waals surface area contributed by atoms with Gasteiger partial charge in [0.05, 0.1) is 6.26 Å². The normalized spacial score (nSPS) is 14.0. The highest BCUT2D eigenvalue weighted by atomic mass is 32.2. The molecular formula is C13H18O2S. The van der Waals surface area contributed by atoms with Crippen LogP contribution >= 0.6 is 12.0 Å². The summed E-state index contributed by atoms with van der Waals surface area (Å²) in [5, 5.41) is 0. The summed E-state index contributed by atoms with van der Waals surface area (Å²) >= 11 is 0.738. The van der Waals surface area contributed by atoms with Gasteiger partial charge in [-0.1, -0.05) is 50.3 Å². The third-order valence-corrected chi connectivity index (χ3v) is 3.43. The standard InChI is InChI=1S/C13H18O2S/c1-4-10-15-12(16-14)13(2,3)11-8-6-5-7-9-11/h4-10,12,14H,1-3H3. The van der Waals surface area contributed by atoms with E-state index in [0.717, 1.165) is 17.6 Å². The second kappa shape index (κ2) is 5.97. The molecule has 0 bridgehead atoms. The van der Waals surface area contributed by atoms with Crippen molar-refractivity contribution in [3.63, 3.8) is 0 Å². The summed E-state index contributed by atoms with van der Waals surface area (Å²) in [7, 11) is 0. The van der Waals surface area contributed by atoms with Crippen molar-refractivity contribution >= 4 is 12.0 Å². The maximum Gasteiger partial charge on any atom is 0.177 e. The maximum atomic E-state index is 9.31. The summed E-state index contributed by atoms with van der Waals surface area (Å²) in [5.41, 5.74) is 0.581. The number of rotatable bonds is 5. The van der Waals surface area contributed by atoms with Crippen LogP contribution in [0.1, 0.15) is 26.3 Å². The van der Waals surface area contributed by atoms with Gasteiger partial charge in [-0.15, -0.1) is 0 Å². The van der Waals surface area contributed by atoms with Crippen LogP contribution in [0.15, 0.2) is 42.7 Å². The van der Waals surface area contributed by atoms with Crippen LogP contribution in [0.4, 0.5) is 0 Å². The largest absolute Gasteiger partial charge is 0.485 e. The Hall–Kier alpha value is -0.930. The molecule has 1 rings (SSSR count). The molecule has 0 fully saturated rings. The zero-order chi connectivity index (χ0) is 12.0. The number of benzene rings is 1. The highest BCUT2D eigenvalue weighted by Crippen LogP contribution is 2.34. The second-order valence-corrected chi connectivity index (χ2v) is 4.77. The summed E-state index contributed by atoms with van der Waals surface area (Å²) < 4.78 is 14.8. The SMILES string of the molecule is CC=COC(SO)C(C)(C)c1ccccc1. The zero-order valence-corrected chi connectivity index (χ0v) is 10.7. The van der Waals surface area contributed by atoms with Gasteiger partial charge in [-0.25, -0.2) is 0 Å². The van der Waals surface area contributed by atoms with Gasteiger partial charge in [0.1, 0.15) is 0 Å². The Morgan fingerprint density at radius 3 is 2.44 bits per heavy atom. The van der Waals surface area contributed by atoms with Crippen LogP contribution < -0.4 is 0 Å². The molecule has 0 aliphatic carbocycles. The van der Waals surface area contributed by atoms with Gasteiger partial charge in [-0.05, 0) is 12.5 Å². The van der Waals surface area contributed by atoms with E-state index < -0.39 is 0 Å². The van der Waals surface area contributed by atoms with Gasteiger partial charge in [-0.3, -0.25) is 0 Å². The van der Waals surface area contributed by atoms with Gasteiger partial charge in [0, 0.05) is 17.5 Å².